The Labute approximate surface area is 138 Å². The van der Waals surface area contributed by atoms with Crippen molar-refractivity contribution < 1.29 is 13.6 Å². The van der Waals surface area contributed by atoms with E-state index in [2.05, 4.69) is 10.3 Å². The van der Waals surface area contributed by atoms with Crippen LogP contribution in [0.1, 0.15) is 44.2 Å². The number of hydrogen-bond acceptors (Lipinski definition) is 3. The van der Waals surface area contributed by atoms with Crippen LogP contribution in [0.15, 0.2) is 29.3 Å². The van der Waals surface area contributed by atoms with E-state index in [0.29, 0.717) is 18.0 Å². The Kier molecular flexibility index (Phi) is 4.99. The summed E-state index contributed by atoms with van der Waals surface area (Å²) >= 11 is 1.45. The number of carbonyl (C=O) groups excluding carboxylic acids is 1. The summed E-state index contributed by atoms with van der Waals surface area (Å²) in [4.78, 5) is 16.7. The van der Waals surface area contributed by atoms with Crippen LogP contribution >= 0.6 is 11.8 Å². The Balaban J connectivity index is 1.65. The topological polar surface area (TPSA) is 41.5 Å². The second-order valence-electron chi connectivity index (χ2n) is 6.20. The molecule has 3 nitrogen and oxygen atoms in total. The van der Waals surface area contributed by atoms with Crippen molar-refractivity contribution in [3.05, 3.63) is 35.6 Å². The Morgan fingerprint density at radius 2 is 1.87 bits per heavy atom. The summed E-state index contributed by atoms with van der Waals surface area (Å²) in [6.45, 7) is 1.91. The SMILES string of the molecule is C[C@H](N=C1NC(=O)C(C2CCC(F)CC2)S1)c1ccc(F)cc1. The summed E-state index contributed by atoms with van der Waals surface area (Å²) in [5.41, 5.74) is 0.898. The highest BCUT2D eigenvalue weighted by atomic mass is 32.2. The molecule has 0 aromatic heterocycles. The van der Waals surface area contributed by atoms with Gasteiger partial charge >= 0.3 is 0 Å². The minimum atomic E-state index is -0.715. The molecule has 0 radical (unpaired) electrons. The highest BCUT2D eigenvalue weighted by Crippen LogP contribution is 2.37. The van der Waals surface area contributed by atoms with Gasteiger partial charge in [0.25, 0.3) is 0 Å². The summed E-state index contributed by atoms with van der Waals surface area (Å²) in [6, 6.07) is 6.06. The van der Waals surface area contributed by atoms with Crippen molar-refractivity contribution in [2.45, 2.75) is 50.1 Å². The number of halogens is 2. The fourth-order valence-corrected chi connectivity index (χ4v) is 4.38. The second kappa shape index (κ2) is 6.99. The Morgan fingerprint density at radius 3 is 2.52 bits per heavy atom. The lowest BCUT2D eigenvalue weighted by Gasteiger charge is -2.26. The first-order valence-corrected chi connectivity index (χ1v) is 8.86. The monoisotopic (exact) mass is 338 g/mol. The standard InChI is InChI=1S/C17H20F2N2OS/c1-10(11-2-6-13(18)7-3-11)20-17-21-16(22)15(23-17)12-4-8-14(19)9-5-12/h2-3,6-7,10,12,14-15H,4-5,8-9H2,1H3,(H,20,21,22)/t10-,12?,14?,15?/m0/s1. The number of amides is 1. The van der Waals surface area contributed by atoms with E-state index in [4.69, 9.17) is 0 Å². The predicted molar refractivity (Wildman–Crippen MR) is 88.6 cm³/mol. The predicted octanol–water partition coefficient (Wildman–Crippen LogP) is 4.00. The minimum absolute atomic E-state index is 0.0256. The molecule has 1 aliphatic heterocycles. The van der Waals surface area contributed by atoms with Crippen molar-refractivity contribution in [2.24, 2.45) is 10.9 Å². The molecule has 6 heteroatoms. The first-order chi connectivity index (χ1) is 11.0. The number of benzene rings is 1. The molecule has 124 valence electrons. The van der Waals surface area contributed by atoms with Crippen LogP contribution in [0.4, 0.5) is 8.78 Å². The first-order valence-electron chi connectivity index (χ1n) is 7.98. The van der Waals surface area contributed by atoms with Crippen LogP contribution in [0.25, 0.3) is 0 Å². The van der Waals surface area contributed by atoms with E-state index in [0.717, 1.165) is 18.4 Å². The van der Waals surface area contributed by atoms with Gasteiger partial charge < -0.3 is 5.32 Å². The maximum atomic E-state index is 13.2. The molecule has 1 aliphatic carbocycles. The Hall–Kier alpha value is -1.43. The molecule has 2 fully saturated rings. The number of alkyl halides is 1. The van der Waals surface area contributed by atoms with Crippen molar-refractivity contribution in [2.75, 3.05) is 0 Å². The largest absolute Gasteiger partial charge is 0.304 e. The van der Waals surface area contributed by atoms with Crippen LogP contribution in [0.5, 0.6) is 0 Å². The van der Waals surface area contributed by atoms with Gasteiger partial charge in [0.15, 0.2) is 5.17 Å². The molecule has 1 aromatic carbocycles. The average molecular weight is 338 g/mol. The third kappa shape index (κ3) is 3.91. The van der Waals surface area contributed by atoms with Crippen LogP contribution in [-0.2, 0) is 4.79 Å². The molecule has 1 heterocycles. The molecule has 1 saturated carbocycles. The third-order valence-electron chi connectivity index (χ3n) is 4.52. The Bertz CT molecular complexity index is 597. The molecular weight excluding hydrogens is 318 g/mol. The van der Waals surface area contributed by atoms with Crippen LogP contribution in [0, 0.1) is 11.7 Å². The van der Waals surface area contributed by atoms with Crippen molar-refractivity contribution in [1.29, 1.82) is 0 Å². The van der Waals surface area contributed by atoms with Gasteiger partial charge in [0.1, 0.15) is 12.0 Å². The summed E-state index contributed by atoms with van der Waals surface area (Å²) in [5.74, 6) is -0.0798. The highest BCUT2D eigenvalue weighted by molar-refractivity contribution is 8.15. The lowest BCUT2D eigenvalue weighted by molar-refractivity contribution is -0.119. The second-order valence-corrected chi connectivity index (χ2v) is 7.33. The van der Waals surface area contributed by atoms with E-state index in [1.165, 1.54) is 23.9 Å². The van der Waals surface area contributed by atoms with Crippen LogP contribution in [-0.4, -0.2) is 22.5 Å². The van der Waals surface area contributed by atoms with Crippen molar-refractivity contribution in [3.8, 4) is 0 Å². The summed E-state index contributed by atoms with van der Waals surface area (Å²) in [6.07, 6.45) is 1.90. The number of aliphatic imine (C=N–C) groups is 1. The molecule has 1 amide bonds. The molecule has 1 N–H and O–H groups in total. The summed E-state index contributed by atoms with van der Waals surface area (Å²) < 4.78 is 26.2. The van der Waals surface area contributed by atoms with Gasteiger partial charge in [0, 0.05) is 0 Å². The van der Waals surface area contributed by atoms with E-state index in [9.17, 15) is 13.6 Å². The Morgan fingerprint density at radius 1 is 1.22 bits per heavy atom. The molecule has 1 aromatic rings. The van der Waals surface area contributed by atoms with Crippen molar-refractivity contribution in [3.63, 3.8) is 0 Å². The smallest absolute Gasteiger partial charge is 0.239 e. The van der Waals surface area contributed by atoms with Gasteiger partial charge in [-0.25, -0.2) is 8.78 Å². The number of hydrogen-bond donors (Lipinski definition) is 1. The van der Waals surface area contributed by atoms with Gasteiger partial charge in [0.05, 0.1) is 11.3 Å². The summed E-state index contributed by atoms with van der Waals surface area (Å²) in [5, 5.41) is 3.28. The molecular formula is C17H20F2N2OS. The van der Waals surface area contributed by atoms with E-state index < -0.39 is 6.17 Å². The molecule has 0 spiro atoms. The number of carbonyl (C=O) groups is 1. The number of rotatable bonds is 3. The van der Waals surface area contributed by atoms with Crippen LogP contribution < -0.4 is 5.32 Å². The lowest BCUT2D eigenvalue weighted by atomic mass is 9.85. The molecule has 3 rings (SSSR count). The number of nitrogens with one attached hydrogen (secondary N) is 1. The fourth-order valence-electron chi connectivity index (χ4n) is 3.13. The van der Waals surface area contributed by atoms with E-state index in [1.54, 1.807) is 12.1 Å². The zero-order valence-corrected chi connectivity index (χ0v) is 13.8. The molecule has 2 aliphatic rings. The average Bonchev–Trinajstić information content (AvgIpc) is 2.89. The first kappa shape index (κ1) is 16.4. The van der Waals surface area contributed by atoms with Crippen molar-refractivity contribution >= 4 is 22.8 Å². The van der Waals surface area contributed by atoms with Gasteiger partial charge in [-0.3, -0.25) is 9.79 Å². The molecule has 0 bridgehead atoms. The third-order valence-corrected chi connectivity index (χ3v) is 5.80. The zero-order valence-electron chi connectivity index (χ0n) is 13.0. The zero-order chi connectivity index (χ0) is 16.4. The van der Waals surface area contributed by atoms with Gasteiger partial charge in [-0.15, -0.1) is 0 Å². The maximum Gasteiger partial charge on any atom is 0.239 e. The van der Waals surface area contributed by atoms with E-state index >= 15 is 0 Å². The van der Waals surface area contributed by atoms with Gasteiger partial charge in [-0.1, -0.05) is 23.9 Å². The number of thioether (sulfide) groups is 1. The van der Waals surface area contributed by atoms with Gasteiger partial charge in [0.2, 0.25) is 5.91 Å². The normalized spacial score (nSPS) is 31.2. The highest BCUT2D eigenvalue weighted by Gasteiger charge is 2.38. The van der Waals surface area contributed by atoms with Crippen LogP contribution in [0.3, 0.4) is 0 Å². The minimum Gasteiger partial charge on any atom is -0.304 e. The van der Waals surface area contributed by atoms with Gasteiger partial charge in [-0.2, -0.15) is 0 Å². The van der Waals surface area contributed by atoms with Crippen LogP contribution in [0.2, 0.25) is 0 Å². The van der Waals surface area contributed by atoms with E-state index in [1.807, 2.05) is 6.92 Å². The molecule has 23 heavy (non-hydrogen) atoms. The summed E-state index contributed by atoms with van der Waals surface area (Å²) in [7, 11) is 0. The quantitative estimate of drug-likeness (QED) is 0.905. The van der Waals surface area contributed by atoms with E-state index in [-0.39, 0.29) is 28.9 Å². The molecule has 1 unspecified atom stereocenters. The van der Waals surface area contributed by atoms with Gasteiger partial charge in [-0.05, 0) is 56.2 Å². The number of amidine groups is 1. The maximum absolute atomic E-state index is 13.2. The fraction of sp³-hybridized carbons (Fsp3) is 0.529. The lowest BCUT2D eigenvalue weighted by Crippen LogP contribution is -2.32. The molecule has 1 saturated heterocycles. The number of nitrogens with zero attached hydrogens (tertiary/aromatic N) is 1. The van der Waals surface area contributed by atoms with Crippen molar-refractivity contribution in [1.82, 2.24) is 5.32 Å². The molecule has 2 atom stereocenters.